The first kappa shape index (κ1) is 15.3. The molecule has 1 atom stereocenters. The maximum Gasteiger partial charge on any atom is 0.229 e. The lowest BCUT2D eigenvalue weighted by molar-refractivity contribution is -0.118. The predicted molar refractivity (Wildman–Crippen MR) is 93.0 cm³/mol. The molecular weight excluding hydrogens is 286 g/mol. The summed E-state index contributed by atoms with van der Waals surface area (Å²) >= 11 is 0. The van der Waals surface area contributed by atoms with Crippen LogP contribution in [0.3, 0.4) is 0 Å². The van der Waals surface area contributed by atoms with Gasteiger partial charge in [0.05, 0.1) is 5.92 Å². The average Bonchev–Trinajstić information content (AvgIpc) is 2.94. The van der Waals surface area contributed by atoms with Crippen LogP contribution in [-0.2, 0) is 4.79 Å². The molecule has 4 nitrogen and oxygen atoms in total. The maximum absolute atomic E-state index is 12.0. The van der Waals surface area contributed by atoms with Crippen molar-refractivity contribution in [3.8, 4) is 0 Å². The van der Waals surface area contributed by atoms with E-state index in [1.54, 1.807) is 0 Å². The molecule has 0 aliphatic carbocycles. The minimum absolute atomic E-state index is 0.350. The summed E-state index contributed by atoms with van der Waals surface area (Å²) in [5.74, 6) is -0.130. The predicted octanol–water partition coefficient (Wildman–Crippen LogP) is 3.19. The average molecular weight is 307 g/mol. The number of rotatable bonds is 4. The number of nitrogens with one attached hydrogen (secondary N) is 1. The Morgan fingerprint density at radius 3 is 2.48 bits per heavy atom. The fourth-order valence-electron chi connectivity index (χ4n) is 3.27. The molecule has 3 N–H and O–H groups in total. The Labute approximate surface area is 136 Å². The Hall–Kier alpha value is -2.62. The molecule has 1 fully saturated rings. The van der Waals surface area contributed by atoms with Crippen molar-refractivity contribution >= 4 is 17.4 Å². The van der Waals surface area contributed by atoms with Crippen molar-refractivity contribution in [3.05, 3.63) is 65.2 Å². The molecule has 0 saturated carbocycles. The fraction of sp³-hybridized carbons (Fsp3) is 0.263. The number of anilines is 1. The second-order valence-corrected chi connectivity index (χ2v) is 5.99. The molecule has 0 aromatic heterocycles. The fourth-order valence-corrected chi connectivity index (χ4v) is 3.27. The van der Waals surface area contributed by atoms with Crippen LogP contribution in [0.4, 0.5) is 5.69 Å². The molecule has 1 saturated heterocycles. The molecule has 1 amide bonds. The summed E-state index contributed by atoms with van der Waals surface area (Å²) in [6.07, 6.45) is 1.85. The first-order valence-electron chi connectivity index (χ1n) is 7.87. The van der Waals surface area contributed by atoms with Crippen molar-refractivity contribution in [3.63, 3.8) is 0 Å². The lowest BCUT2D eigenvalue weighted by atomic mass is 9.89. The summed E-state index contributed by atoms with van der Waals surface area (Å²) in [6.45, 7) is 2.91. The number of aryl methyl sites for hydroxylation is 1. The van der Waals surface area contributed by atoms with Crippen LogP contribution in [0.15, 0.2) is 48.5 Å². The molecular formula is C19H21N3O. The zero-order valence-electron chi connectivity index (χ0n) is 13.3. The van der Waals surface area contributed by atoms with Crippen molar-refractivity contribution in [1.29, 1.82) is 5.41 Å². The number of carbonyl (C=O) groups excluding carboxylic acids is 1. The largest absolute Gasteiger partial charge is 0.369 e. The lowest BCUT2D eigenvalue weighted by Crippen LogP contribution is -2.25. The minimum atomic E-state index is -0.443. The van der Waals surface area contributed by atoms with Gasteiger partial charge in [0.15, 0.2) is 0 Å². The van der Waals surface area contributed by atoms with Crippen molar-refractivity contribution in [2.24, 2.45) is 5.73 Å². The topological polar surface area (TPSA) is 70.2 Å². The van der Waals surface area contributed by atoms with Gasteiger partial charge in [-0.05, 0) is 36.1 Å². The van der Waals surface area contributed by atoms with Gasteiger partial charge in [-0.15, -0.1) is 0 Å². The van der Waals surface area contributed by atoms with Crippen molar-refractivity contribution < 1.29 is 4.79 Å². The van der Waals surface area contributed by atoms with E-state index in [-0.39, 0.29) is 5.91 Å². The molecule has 1 aliphatic heterocycles. The second kappa shape index (κ2) is 6.24. The van der Waals surface area contributed by atoms with E-state index in [1.807, 2.05) is 60.4 Å². The number of benzene rings is 2. The van der Waals surface area contributed by atoms with E-state index < -0.39 is 5.92 Å². The SMILES string of the molecule is Cc1cc(C(C(N)=O)c2ccccc2)ccc1N1CCCC1=N. The van der Waals surface area contributed by atoms with E-state index >= 15 is 0 Å². The van der Waals surface area contributed by atoms with Crippen LogP contribution in [-0.4, -0.2) is 18.3 Å². The number of nitrogens with two attached hydrogens (primary N) is 1. The summed E-state index contributed by atoms with van der Waals surface area (Å²) in [6, 6.07) is 15.6. The van der Waals surface area contributed by atoms with Gasteiger partial charge in [-0.3, -0.25) is 10.2 Å². The van der Waals surface area contributed by atoms with Gasteiger partial charge in [0.2, 0.25) is 5.91 Å². The Morgan fingerprint density at radius 1 is 1.17 bits per heavy atom. The minimum Gasteiger partial charge on any atom is -0.369 e. The third-order valence-electron chi connectivity index (χ3n) is 4.38. The molecule has 1 heterocycles. The third-order valence-corrected chi connectivity index (χ3v) is 4.38. The summed E-state index contributed by atoms with van der Waals surface area (Å²) in [7, 11) is 0. The summed E-state index contributed by atoms with van der Waals surface area (Å²) in [5, 5.41) is 8.03. The van der Waals surface area contributed by atoms with E-state index in [0.29, 0.717) is 5.84 Å². The van der Waals surface area contributed by atoms with Gasteiger partial charge in [0.25, 0.3) is 0 Å². The van der Waals surface area contributed by atoms with Gasteiger partial charge < -0.3 is 10.6 Å². The molecule has 118 valence electrons. The number of carbonyl (C=O) groups is 1. The Morgan fingerprint density at radius 2 is 1.91 bits per heavy atom. The van der Waals surface area contributed by atoms with Gasteiger partial charge in [-0.2, -0.15) is 0 Å². The second-order valence-electron chi connectivity index (χ2n) is 5.99. The van der Waals surface area contributed by atoms with Crippen LogP contribution in [0.2, 0.25) is 0 Å². The van der Waals surface area contributed by atoms with Crippen LogP contribution in [0.25, 0.3) is 0 Å². The molecule has 2 aromatic carbocycles. The Kier molecular flexibility index (Phi) is 4.15. The van der Waals surface area contributed by atoms with E-state index in [9.17, 15) is 4.79 Å². The van der Waals surface area contributed by atoms with E-state index in [4.69, 9.17) is 11.1 Å². The molecule has 1 unspecified atom stereocenters. The highest BCUT2D eigenvalue weighted by atomic mass is 16.1. The molecule has 0 radical (unpaired) electrons. The monoisotopic (exact) mass is 307 g/mol. The highest BCUT2D eigenvalue weighted by molar-refractivity contribution is 5.98. The molecule has 0 spiro atoms. The number of amidine groups is 1. The van der Waals surface area contributed by atoms with Gasteiger partial charge in [0, 0.05) is 18.7 Å². The van der Waals surface area contributed by atoms with Crippen LogP contribution in [0, 0.1) is 12.3 Å². The maximum atomic E-state index is 12.0. The quantitative estimate of drug-likeness (QED) is 0.910. The number of primary amides is 1. The first-order chi connectivity index (χ1) is 11.1. The van der Waals surface area contributed by atoms with Crippen molar-refractivity contribution in [1.82, 2.24) is 0 Å². The molecule has 2 aromatic rings. The van der Waals surface area contributed by atoms with E-state index in [2.05, 4.69) is 0 Å². The standard InChI is InChI=1S/C19H21N3O/c1-13-12-15(9-10-16(13)22-11-5-8-17(22)20)18(19(21)23)14-6-3-2-4-7-14/h2-4,6-7,9-10,12,18,20H,5,8,11H2,1H3,(H2,21,23). The molecule has 0 bridgehead atoms. The Balaban J connectivity index is 1.98. The molecule has 3 rings (SSSR count). The van der Waals surface area contributed by atoms with Crippen molar-refractivity contribution in [2.75, 3.05) is 11.4 Å². The number of hydrogen-bond donors (Lipinski definition) is 2. The normalized spacial score (nSPS) is 15.7. The molecule has 4 heteroatoms. The molecule has 1 aliphatic rings. The van der Waals surface area contributed by atoms with Gasteiger partial charge in [0.1, 0.15) is 5.84 Å². The van der Waals surface area contributed by atoms with E-state index in [0.717, 1.165) is 41.8 Å². The highest BCUT2D eigenvalue weighted by Crippen LogP contribution is 2.31. The summed E-state index contributed by atoms with van der Waals surface area (Å²) < 4.78 is 0. The lowest BCUT2D eigenvalue weighted by Gasteiger charge is -2.22. The first-order valence-corrected chi connectivity index (χ1v) is 7.87. The van der Waals surface area contributed by atoms with Crippen molar-refractivity contribution in [2.45, 2.75) is 25.7 Å². The number of nitrogens with zero attached hydrogens (tertiary/aromatic N) is 1. The zero-order chi connectivity index (χ0) is 16.4. The van der Waals surface area contributed by atoms with Gasteiger partial charge in [-0.25, -0.2) is 0 Å². The van der Waals surface area contributed by atoms with Crippen LogP contribution >= 0.6 is 0 Å². The van der Waals surface area contributed by atoms with Gasteiger partial charge in [-0.1, -0.05) is 42.5 Å². The van der Waals surface area contributed by atoms with Crippen LogP contribution in [0.5, 0.6) is 0 Å². The van der Waals surface area contributed by atoms with Gasteiger partial charge >= 0.3 is 0 Å². The number of amides is 1. The Bertz CT molecular complexity index is 740. The third kappa shape index (κ3) is 2.97. The van der Waals surface area contributed by atoms with Crippen LogP contribution in [0.1, 0.15) is 35.4 Å². The van der Waals surface area contributed by atoms with Crippen LogP contribution < -0.4 is 10.6 Å². The zero-order valence-corrected chi connectivity index (χ0v) is 13.3. The van der Waals surface area contributed by atoms with E-state index in [1.165, 1.54) is 0 Å². The molecule has 23 heavy (non-hydrogen) atoms. The number of hydrogen-bond acceptors (Lipinski definition) is 2. The highest BCUT2D eigenvalue weighted by Gasteiger charge is 2.23. The smallest absolute Gasteiger partial charge is 0.229 e. The summed E-state index contributed by atoms with van der Waals surface area (Å²) in [5.41, 5.74) is 9.57. The summed E-state index contributed by atoms with van der Waals surface area (Å²) in [4.78, 5) is 14.0.